The van der Waals surface area contributed by atoms with Crippen LogP contribution in [0.4, 0.5) is 5.69 Å². The van der Waals surface area contributed by atoms with E-state index in [1.54, 1.807) is 6.07 Å². The Bertz CT molecular complexity index is 678. The fourth-order valence-electron chi connectivity index (χ4n) is 2.04. The first-order chi connectivity index (χ1) is 10.5. The van der Waals surface area contributed by atoms with Gasteiger partial charge in [0.15, 0.2) is 0 Å². The number of rotatable bonds is 6. The third-order valence-corrected chi connectivity index (χ3v) is 3.05. The van der Waals surface area contributed by atoms with Gasteiger partial charge in [0.05, 0.1) is 23.0 Å². The number of anilines is 1. The molecule has 2 rings (SSSR count). The van der Waals surface area contributed by atoms with Crippen molar-refractivity contribution in [1.29, 1.82) is 0 Å². The number of hydrogen-bond acceptors (Lipinski definition) is 5. The molecule has 2 aromatic rings. The van der Waals surface area contributed by atoms with Crippen LogP contribution in [0.1, 0.15) is 38.8 Å². The lowest BCUT2D eigenvalue weighted by molar-refractivity contribution is -0.121. The van der Waals surface area contributed by atoms with Gasteiger partial charge in [0.1, 0.15) is 0 Å². The largest absolute Gasteiger partial charge is 0.354 e. The highest BCUT2D eigenvalue weighted by Gasteiger charge is 2.09. The van der Waals surface area contributed by atoms with Crippen molar-refractivity contribution < 1.29 is 14.1 Å². The van der Waals surface area contributed by atoms with Crippen molar-refractivity contribution in [2.24, 2.45) is 0 Å². The number of fused-ring (bicyclic) bond motifs is 1. The lowest BCUT2D eigenvalue weighted by Crippen LogP contribution is -2.30. The molecule has 118 valence electrons. The topological polar surface area (TPSA) is 97.1 Å². The Morgan fingerprint density at radius 1 is 1.27 bits per heavy atom. The van der Waals surface area contributed by atoms with Crippen molar-refractivity contribution in [2.45, 2.75) is 46.1 Å². The van der Waals surface area contributed by atoms with Crippen molar-refractivity contribution in [3.63, 3.8) is 0 Å². The lowest BCUT2D eigenvalue weighted by atomic mass is 10.2. The summed E-state index contributed by atoms with van der Waals surface area (Å²) >= 11 is 0. The number of carbonyl (C=O) groups excluding carboxylic acids is 2. The number of nitrogens with zero attached hydrogens (tertiary/aromatic N) is 2. The van der Waals surface area contributed by atoms with Crippen molar-refractivity contribution in [3.05, 3.63) is 18.0 Å². The van der Waals surface area contributed by atoms with Crippen LogP contribution in [0.5, 0.6) is 0 Å². The number of amides is 2. The molecule has 0 aliphatic carbocycles. The van der Waals surface area contributed by atoms with Crippen LogP contribution in [0.25, 0.3) is 11.1 Å². The Hall–Kier alpha value is -2.44. The van der Waals surface area contributed by atoms with E-state index in [1.807, 2.05) is 20.8 Å². The van der Waals surface area contributed by atoms with Crippen molar-refractivity contribution in [2.75, 3.05) is 5.32 Å². The molecule has 0 atom stereocenters. The molecule has 0 bridgehead atoms. The van der Waals surface area contributed by atoms with E-state index in [2.05, 4.69) is 20.8 Å². The molecule has 22 heavy (non-hydrogen) atoms. The van der Waals surface area contributed by atoms with Crippen LogP contribution >= 0.6 is 0 Å². The molecule has 0 unspecified atom stereocenters. The van der Waals surface area contributed by atoms with Crippen LogP contribution in [0.15, 0.2) is 16.8 Å². The summed E-state index contributed by atoms with van der Waals surface area (Å²) in [6.07, 6.45) is 2.66. The first-order valence-corrected chi connectivity index (χ1v) is 7.27. The average Bonchev–Trinajstić information content (AvgIpc) is 2.79. The van der Waals surface area contributed by atoms with E-state index < -0.39 is 0 Å². The molecule has 7 heteroatoms. The molecular formula is C15H20N4O3. The number of aromatic nitrogens is 2. The highest BCUT2D eigenvalue weighted by Crippen LogP contribution is 2.19. The molecule has 7 nitrogen and oxygen atoms in total. The van der Waals surface area contributed by atoms with Gasteiger partial charge < -0.3 is 15.2 Å². The molecule has 0 aliphatic rings. The minimum atomic E-state index is -0.146. The maximum absolute atomic E-state index is 11.9. The zero-order valence-corrected chi connectivity index (χ0v) is 13.0. The van der Waals surface area contributed by atoms with Crippen LogP contribution < -0.4 is 10.6 Å². The SMILES string of the molecule is Cc1noc2ncc(NC(=O)CCCC(=O)NC(C)C)cc12. The summed E-state index contributed by atoms with van der Waals surface area (Å²) in [5.74, 6) is -0.182. The van der Waals surface area contributed by atoms with E-state index in [4.69, 9.17) is 4.52 Å². The Labute approximate surface area is 128 Å². The minimum Gasteiger partial charge on any atom is -0.354 e. The van der Waals surface area contributed by atoms with Crippen LogP contribution in [-0.4, -0.2) is 28.0 Å². The molecule has 0 saturated carbocycles. The standard InChI is InChI=1S/C15H20N4O3/c1-9(2)17-13(20)5-4-6-14(21)18-11-7-12-10(3)19-22-15(12)16-8-11/h7-9H,4-6H2,1-3H3,(H,17,20)(H,18,21). The third kappa shape index (κ3) is 4.28. The molecule has 0 fully saturated rings. The second-order valence-electron chi connectivity index (χ2n) is 5.47. The average molecular weight is 304 g/mol. The molecule has 0 spiro atoms. The highest BCUT2D eigenvalue weighted by molar-refractivity contribution is 5.93. The maximum Gasteiger partial charge on any atom is 0.258 e. The van der Waals surface area contributed by atoms with Crippen molar-refractivity contribution in [3.8, 4) is 0 Å². The Balaban J connectivity index is 1.83. The van der Waals surface area contributed by atoms with Crippen LogP contribution in [0.3, 0.4) is 0 Å². The van der Waals surface area contributed by atoms with Gasteiger partial charge in [0.2, 0.25) is 11.8 Å². The van der Waals surface area contributed by atoms with E-state index >= 15 is 0 Å². The van der Waals surface area contributed by atoms with Gasteiger partial charge in [-0.1, -0.05) is 5.16 Å². The zero-order chi connectivity index (χ0) is 16.1. The van der Waals surface area contributed by atoms with E-state index in [0.717, 1.165) is 11.1 Å². The van der Waals surface area contributed by atoms with Crippen LogP contribution in [-0.2, 0) is 9.59 Å². The summed E-state index contributed by atoms with van der Waals surface area (Å²) in [7, 11) is 0. The van der Waals surface area contributed by atoms with Crippen LogP contribution in [0, 0.1) is 6.92 Å². The number of aryl methyl sites for hydroxylation is 1. The fraction of sp³-hybridized carbons (Fsp3) is 0.467. The van der Waals surface area contributed by atoms with E-state index in [9.17, 15) is 9.59 Å². The molecule has 0 saturated heterocycles. The molecule has 2 N–H and O–H groups in total. The molecule has 2 amide bonds. The predicted molar refractivity (Wildman–Crippen MR) is 82.3 cm³/mol. The van der Waals surface area contributed by atoms with E-state index in [-0.39, 0.29) is 24.3 Å². The monoisotopic (exact) mass is 304 g/mol. The van der Waals surface area contributed by atoms with Gasteiger partial charge in [-0.15, -0.1) is 0 Å². The molecule has 0 aromatic carbocycles. The van der Waals surface area contributed by atoms with Gasteiger partial charge in [0.25, 0.3) is 5.71 Å². The van der Waals surface area contributed by atoms with Gasteiger partial charge in [-0.2, -0.15) is 0 Å². The first-order valence-electron chi connectivity index (χ1n) is 7.27. The summed E-state index contributed by atoms with van der Waals surface area (Å²) in [6, 6.07) is 1.89. The van der Waals surface area contributed by atoms with Gasteiger partial charge in [-0.3, -0.25) is 9.59 Å². The Kier molecular flexibility index (Phi) is 5.08. The second-order valence-corrected chi connectivity index (χ2v) is 5.47. The lowest BCUT2D eigenvalue weighted by Gasteiger charge is -2.08. The first kappa shape index (κ1) is 15.9. The Morgan fingerprint density at radius 2 is 2.00 bits per heavy atom. The molecule has 0 aliphatic heterocycles. The fourth-order valence-corrected chi connectivity index (χ4v) is 2.04. The minimum absolute atomic E-state index is 0.0361. The van der Waals surface area contributed by atoms with Gasteiger partial charge in [-0.05, 0) is 33.3 Å². The van der Waals surface area contributed by atoms with Gasteiger partial charge in [-0.25, -0.2) is 4.98 Å². The normalized spacial score (nSPS) is 10.9. The van der Waals surface area contributed by atoms with Gasteiger partial charge >= 0.3 is 0 Å². The summed E-state index contributed by atoms with van der Waals surface area (Å²) in [4.78, 5) is 27.4. The molecule has 0 radical (unpaired) electrons. The summed E-state index contributed by atoms with van der Waals surface area (Å²) in [6.45, 7) is 5.62. The van der Waals surface area contributed by atoms with Crippen LogP contribution in [0.2, 0.25) is 0 Å². The maximum atomic E-state index is 11.9. The van der Waals surface area contributed by atoms with Crippen molar-refractivity contribution in [1.82, 2.24) is 15.5 Å². The van der Waals surface area contributed by atoms with E-state index in [1.165, 1.54) is 6.20 Å². The molecule has 2 heterocycles. The predicted octanol–water partition coefficient (Wildman–Crippen LogP) is 2.16. The quantitative estimate of drug-likeness (QED) is 0.852. The number of carbonyl (C=O) groups is 2. The van der Waals surface area contributed by atoms with E-state index in [0.29, 0.717) is 24.2 Å². The third-order valence-electron chi connectivity index (χ3n) is 3.05. The number of hydrogen-bond donors (Lipinski definition) is 2. The summed E-state index contributed by atoms with van der Waals surface area (Å²) < 4.78 is 5.01. The zero-order valence-electron chi connectivity index (χ0n) is 13.0. The second kappa shape index (κ2) is 7.02. The van der Waals surface area contributed by atoms with Crippen molar-refractivity contribution >= 4 is 28.6 Å². The highest BCUT2D eigenvalue weighted by atomic mass is 16.5. The van der Waals surface area contributed by atoms with Gasteiger partial charge in [0, 0.05) is 18.9 Å². The summed E-state index contributed by atoms with van der Waals surface area (Å²) in [5, 5.41) is 10.1. The summed E-state index contributed by atoms with van der Waals surface area (Å²) in [5.41, 5.74) is 1.76. The smallest absolute Gasteiger partial charge is 0.258 e. The molecular weight excluding hydrogens is 284 g/mol. The number of nitrogens with one attached hydrogen (secondary N) is 2. The number of pyridine rings is 1. The Morgan fingerprint density at radius 3 is 2.73 bits per heavy atom. The molecule has 2 aromatic heterocycles.